The van der Waals surface area contributed by atoms with E-state index in [1.54, 1.807) is 32.4 Å². The average molecular weight is 286 g/mol. The summed E-state index contributed by atoms with van der Waals surface area (Å²) in [6.07, 6.45) is 0.847. The van der Waals surface area contributed by atoms with Crippen LogP contribution < -0.4 is 0 Å². The molecule has 18 heavy (non-hydrogen) atoms. The van der Waals surface area contributed by atoms with Crippen molar-refractivity contribution in [2.24, 2.45) is 0 Å². The topological polar surface area (TPSA) is 42.2 Å². The molecule has 5 heteroatoms. The molecule has 1 fully saturated rings. The van der Waals surface area contributed by atoms with Crippen molar-refractivity contribution >= 4 is 23.2 Å². The van der Waals surface area contributed by atoms with Gasteiger partial charge in [0.25, 0.3) is 0 Å². The monoisotopic (exact) mass is 285 g/mol. The third-order valence-corrected chi connectivity index (χ3v) is 4.17. The molecule has 0 unspecified atom stereocenters. The maximum absolute atomic E-state index is 9.48. The van der Waals surface area contributed by atoms with Crippen molar-refractivity contribution in [1.82, 2.24) is 0 Å². The summed E-state index contributed by atoms with van der Waals surface area (Å²) < 4.78 is 10.6. The van der Waals surface area contributed by atoms with Crippen LogP contribution in [0, 0.1) is 11.3 Å². The summed E-state index contributed by atoms with van der Waals surface area (Å²) in [5.74, 6) is -0.710. The second kappa shape index (κ2) is 4.71. The Morgan fingerprint density at radius 1 is 1.17 bits per heavy atom. The van der Waals surface area contributed by atoms with Crippen LogP contribution in [-0.2, 0) is 14.9 Å². The number of hydrogen-bond acceptors (Lipinski definition) is 3. The van der Waals surface area contributed by atoms with Crippen molar-refractivity contribution in [2.45, 2.75) is 24.0 Å². The van der Waals surface area contributed by atoms with Gasteiger partial charge in [-0.15, -0.1) is 0 Å². The van der Waals surface area contributed by atoms with Gasteiger partial charge >= 0.3 is 0 Å². The zero-order chi connectivity index (χ0) is 13.4. The summed E-state index contributed by atoms with van der Waals surface area (Å²) in [5, 5.41) is 10.5. The Kier molecular flexibility index (Phi) is 3.57. The number of nitriles is 1. The van der Waals surface area contributed by atoms with Crippen molar-refractivity contribution < 1.29 is 9.47 Å². The highest BCUT2D eigenvalue weighted by Gasteiger charge is 2.58. The van der Waals surface area contributed by atoms with E-state index in [1.165, 1.54) is 0 Å². The molecule has 0 spiro atoms. The quantitative estimate of drug-likeness (QED) is 0.798. The molecular formula is C13H13Cl2NO2. The molecule has 3 nitrogen and oxygen atoms in total. The van der Waals surface area contributed by atoms with E-state index in [-0.39, 0.29) is 0 Å². The summed E-state index contributed by atoms with van der Waals surface area (Å²) >= 11 is 12.3. The lowest BCUT2D eigenvalue weighted by molar-refractivity contribution is -0.269. The fraction of sp³-hybridized carbons (Fsp3) is 0.462. The molecule has 0 saturated heterocycles. The summed E-state index contributed by atoms with van der Waals surface area (Å²) in [5.41, 5.74) is -0.0675. The summed E-state index contributed by atoms with van der Waals surface area (Å²) in [7, 11) is 3.14. The third kappa shape index (κ3) is 1.90. The van der Waals surface area contributed by atoms with Gasteiger partial charge in [0.1, 0.15) is 0 Å². The van der Waals surface area contributed by atoms with Gasteiger partial charge in [-0.25, -0.2) is 0 Å². The molecule has 0 aliphatic heterocycles. The van der Waals surface area contributed by atoms with Crippen LogP contribution >= 0.6 is 23.2 Å². The van der Waals surface area contributed by atoms with E-state index >= 15 is 0 Å². The second-order valence-corrected chi connectivity index (χ2v) is 5.28. The van der Waals surface area contributed by atoms with Crippen molar-refractivity contribution in [3.8, 4) is 6.07 Å². The van der Waals surface area contributed by atoms with Crippen LogP contribution in [0.15, 0.2) is 18.2 Å². The Bertz CT molecular complexity index is 478. The van der Waals surface area contributed by atoms with Crippen LogP contribution in [-0.4, -0.2) is 20.0 Å². The first-order valence-electron chi connectivity index (χ1n) is 5.48. The molecule has 1 saturated carbocycles. The Labute approximate surface area is 116 Å². The van der Waals surface area contributed by atoms with Gasteiger partial charge in [-0.05, 0) is 12.1 Å². The first-order chi connectivity index (χ1) is 8.52. The van der Waals surface area contributed by atoms with Crippen LogP contribution in [0.3, 0.4) is 0 Å². The SMILES string of the molecule is COC1(OC)CC(C#N)(c2c(Cl)cccc2Cl)C1. The fourth-order valence-corrected chi connectivity index (χ4v) is 3.27. The smallest absolute Gasteiger partial charge is 0.171 e. The first kappa shape index (κ1) is 13.6. The molecule has 0 radical (unpaired) electrons. The number of rotatable bonds is 3. The largest absolute Gasteiger partial charge is 0.353 e. The molecule has 1 aliphatic carbocycles. The standard InChI is InChI=1S/C13H13Cl2NO2/c1-17-13(18-2)6-12(7-13,8-16)11-9(14)4-3-5-10(11)15/h3-5H,6-7H2,1-2H3. The summed E-state index contributed by atoms with van der Waals surface area (Å²) in [6, 6.07) is 7.54. The number of ether oxygens (including phenoxy) is 2. The van der Waals surface area contributed by atoms with Gasteiger partial charge in [0.05, 0.1) is 11.5 Å². The van der Waals surface area contributed by atoms with E-state index in [2.05, 4.69) is 6.07 Å². The van der Waals surface area contributed by atoms with Crippen molar-refractivity contribution in [2.75, 3.05) is 14.2 Å². The predicted molar refractivity (Wildman–Crippen MR) is 69.7 cm³/mol. The zero-order valence-electron chi connectivity index (χ0n) is 10.2. The predicted octanol–water partition coefficient (Wildman–Crippen LogP) is 3.54. The lowest BCUT2D eigenvalue weighted by atomic mass is 9.61. The molecular weight excluding hydrogens is 273 g/mol. The third-order valence-electron chi connectivity index (χ3n) is 3.54. The first-order valence-corrected chi connectivity index (χ1v) is 6.24. The van der Waals surface area contributed by atoms with Crippen molar-refractivity contribution in [1.29, 1.82) is 5.26 Å². The normalized spacial score (nSPS) is 19.9. The molecule has 0 atom stereocenters. The number of nitrogens with zero attached hydrogens (tertiary/aromatic N) is 1. The van der Waals surface area contributed by atoms with Crippen LogP contribution in [0.4, 0.5) is 0 Å². The maximum atomic E-state index is 9.48. The van der Waals surface area contributed by atoms with Gasteiger partial charge in [-0.2, -0.15) is 5.26 Å². The molecule has 0 aromatic heterocycles. The lowest BCUT2D eigenvalue weighted by Crippen LogP contribution is -2.56. The van der Waals surface area contributed by atoms with Gasteiger partial charge in [-0.3, -0.25) is 0 Å². The van der Waals surface area contributed by atoms with E-state index < -0.39 is 11.2 Å². The second-order valence-electron chi connectivity index (χ2n) is 4.46. The fourth-order valence-electron chi connectivity index (χ4n) is 2.51. The van der Waals surface area contributed by atoms with Crippen LogP contribution in [0.2, 0.25) is 10.0 Å². The molecule has 0 bridgehead atoms. The van der Waals surface area contributed by atoms with Crippen LogP contribution in [0.1, 0.15) is 18.4 Å². The number of benzene rings is 1. The minimum atomic E-state index is -0.735. The molecule has 1 aromatic rings. The summed E-state index contributed by atoms with van der Waals surface area (Å²) in [4.78, 5) is 0. The molecule has 96 valence electrons. The average Bonchev–Trinajstić information content (AvgIpc) is 2.32. The minimum Gasteiger partial charge on any atom is -0.353 e. The van der Waals surface area contributed by atoms with E-state index in [9.17, 15) is 5.26 Å². The van der Waals surface area contributed by atoms with Gasteiger partial charge in [-0.1, -0.05) is 29.3 Å². The van der Waals surface area contributed by atoms with E-state index in [0.717, 1.165) is 0 Å². The molecule has 1 aromatic carbocycles. The number of methoxy groups -OCH3 is 2. The molecule has 1 aliphatic rings. The Hall–Kier alpha value is -0.790. The molecule has 0 heterocycles. The van der Waals surface area contributed by atoms with Crippen LogP contribution in [0.25, 0.3) is 0 Å². The number of halogens is 2. The number of hydrogen-bond donors (Lipinski definition) is 0. The van der Waals surface area contributed by atoms with Crippen LogP contribution in [0.5, 0.6) is 0 Å². The maximum Gasteiger partial charge on any atom is 0.171 e. The Morgan fingerprint density at radius 3 is 2.06 bits per heavy atom. The molecule has 0 N–H and O–H groups in total. The molecule has 2 rings (SSSR count). The van der Waals surface area contributed by atoms with Crippen molar-refractivity contribution in [3.05, 3.63) is 33.8 Å². The minimum absolute atomic E-state index is 0.424. The van der Waals surface area contributed by atoms with Gasteiger partial charge in [0, 0.05) is 42.7 Å². The highest BCUT2D eigenvalue weighted by atomic mass is 35.5. The Balaban J connectivity index is 2.42. The van der Waals surface area contributed by atoms with Gasteiger partial charge in [0.15, 0.2) is 5.79 Å². The zero-order valence-corrected chi connectivity index (χ0v) is 11.7. The van der Waals surface area contributed by atoms with Crippen molar-refractivity contribution in [3.63, 3.8) is 0 Å². The Morgan fingerprint density at radius 2 is 1.67 bits per heavy atom. The van der Waals surface area contributed by atoms with Gasteiger partial charge < -0.3 is 9.47 Å². The van der Waals surface area contributed by atoms with Gasteiger partial charge in [0.2, 0.25) is 0 Å². The highest BCUT2D eigenvalue weighted by Crippen LogP contribution is 2.55. The van der Waals surface area contributed by atoms with E-state index in [0.29, 0.717) is 28.5 Å². The lowest BCUT2D eigenvalue weighted by Gasteiger charge is -2.50. The van der Waals surface area contributed by atoms with E-state index in [1.807, 2.05) is 0 Å². The highest BCUT2D eigenvalue weighted by molar-refractivity contribution is 6.36. The molecule has 0 amide bonds. The van der Waals surface area contributed by atoms with E-state index in [4.69, 9.17) is 32.7 Å². The summed E-state index contributed by atoms with van der Waals surface area (Å²) in [6.45, 7) is 0.